The second-order valence-corrected chi connectivity index (χ2v) is 4.89. The molecule has 0 saturated carbocycles. The molecule has 1 unspecified atom stereocenters. The fourth-order valence-electron chi connectivity index (χ4n) is 1.53. The van der Waals surface area contributed by atoms with Crippen LogP contribution < -0.4 is 5.32 Å². The standard InChI is InChI=1S/C11H12BrN3S/c1-2-14-11(8-6-16-7-9(8)12)10-5-13-3-4-15-10/h3-7,11,14H,2H2,1H3. The molecule has 0 aromatic carbocycles. The summed E-state index contributed by atoms with van der Waals surface area (Å²) in [5, 5.41) is 7.63. The van der Waals surface area contributed by atoms with E-state index in [2.05, 4.69) is 48.9 Å². The predicted octanol–water partition coefficient (Wildman–Crippen LogP) is 3.00. The smallest absolute Gasteiger partial charge is 0.0802 e. The van der Waals surface area contributed by atoms with Crippen molar-refractivity contribution < 1.29 is 0 Å². The first-order chi connectivity index (χ1) is 7.83. The molecule has 84 valence electrons. The van der Waals surface area contributed by atoms with Crippen molar-refractivity contribution >= 4 is 27.3 Å². The Labute approximate surface area is 107 Å². The lowest BCUT2D eigenvalue weighted by Gasteiger charge is -2.16. The summed E-state index contributed by atoms with van der Waals surface area (Å²) in [6.07, 6.45) is 5.21. The Bertz CT molecular complexity index is 444. The maximum Gasteiger partial charge on any atom is 0.0802 e. The molecule has 0 radical (unpaired) electrons. The quantitative estimate of drug-likeness (QED) is 0.943. The highest BCUT2D eigenvalue weighted by atomic mass is 79.9. The van der Waals surface area contributed by atoms with Gasteiger partial charge in [-0.1, -0.05) is 6.92 Å². The Balaban J connectivity index is 2.35. The van der Waals surface area contributed by atoms with Gasteiger partial charge in [-0.3, -0.25) is 9.97 Å². The summed E-state index contributed by atoms with van der Waals surface area (Å²) in [6, 6.07) is 0.110. The number of nitrogens with one attached hydrogen (secondary N) is 1. The van der Waals surface area contributed by atoms with Crippen molar-refractivity contribution in [2.24, 2.45) is 0 Å². The van der Waals surface area contributed by atoms with Gasteiger partial charge in [0.05, 0.1) is 17.9 Å². The Morgan fingerprint density at radius 2 is 2.31 bits per heavy atom. The van der Waals surface area contributed by atoms with E-state index in [0.717, 1.165) is 16.7 Å². The van der Waals surface area contributed by atoms with E-state index in [1.165, 1.54) is 5.56 Å². The highest BCUT2D eigenvalue weighted by Gasteiger charge is 2.17. The van der Waals surface area contributed by atoms with Gasteiger partial charge in [-0.2, -0.15) is 11.3 Å². The Hall–Kier alpha value is -0.780. The molecule has 0 spiro atoms. The Kier molecular flexibility index (Phi) is 4.04. The molecule has 2 rings (SSSR count). The molecular weight excluding hydrogens is 286 g/mol. The average molecular weight is 298 g/mol. The van der Waals surface area contributed by atoms with Crippen LogP contribution in [0, 0.1) is 0 Å². The van der Waals surface area contributed by atoms with Gasteiger partial charge < -0.3 is 5.32 Å². The first kappa shape index (κ1) is 11.7. The van der Waals surface area contributed by atoms with Crippen LogP contribution in [0.1, 0.15) is 24.2 Å². The van der Waals surface area contributed by atoms with Crippen LogP contribution in [0.15, 0.2) is 33.8 Å². The zero-order valence-corrected chi connectivity index (χ0v) is 11.3. The Morgan fingerprint density at radius 3 is 2.88 bits per heavy atom. The van der Waals surface area contributed by atoms with Crippen molar-refractivity contribution in [3.05, 3.63) is 45.1 Å². The maximum atomic E-state index is 4.35. The lowest BCUT2D eigenvalue weighted by Crippen LogP contribution is -2.22. The van der Waals surface area contributed by atoms with Gasteiger partial charge in [0.2, 0.25) is 0 Å². The summed E-state index contributed by atoms with van der Waals surface area (Å²) >= 11 is 5.24. The third kappa shape index (κ3) is 2.48. The van der Waals surface area contributed by atoms with E-state index in [9.17, 15) is 0 Å². The van der Waals surface area contributed by atoms with Gasteiger partial charge in [-0.05, 0) is 27.9 Å². The summed E-state index contributed by atoms with van der Waals surface area (Å²) in [7, 11) is 0. The number of halogens is 1. The van der Waals surface area contributed by atoms with Crippen LogP contribution >= 0.6 is 27.3 Å². The van der Waals surface area contributed by atoms with Crippen LogP contribution in [0.2, 0.25) is 0 Å². The van der Waals surface area contributed by atoms with E-state index < -0.39 is 0 Å². The van der Waals surface area contributed by atoms with Crippen molar-refractivity contribution in [2.75, 3.05) is 6.54 Å². The molecule has 0 bridgehead atoms. The molecule has 2 heterocycles. The van der Waals surface area contributed by atoms with Crippen LogP contribution in [-0.2, 0) is 0 Å². The topological polar surface area (TPSA) is 37.8 Å². The van der Waals surface area contributed by atoms with Crippen LogP contribution in [0.25, 0.3) is 0 Å². The molecule has 2 aromatic heterocycles. The second kappa shape index (κ2) is 5.52. The third-order valence-electron chi connectivity index (χ3n) is 2.24. The van der Waals surface area contributed by atoms with Crippen LogP contribution in [0.5, 0.6) is 0 Å². The van der Waals surface area contributed by atoms with Crippen LogP contribution in [0.4, 0.5) is 0 Å². The minimum absolute atomic E-state index is 0.110. The number of hydrogen-bond acceptors (Lipinski definition) is 4. The molecule has 16 heavy (non-hydrogen) atoms. The van der Waals surface area contributed by atoms with Crippen molar-refractivity contribution in [1.82, 2.24) is 15.3 Å². The van der Waals surface area contributed by atoms with Crippen LogP contribution in [-0.4, -0.2) is 16.5 Å². The van der Waals surface area contributed by atoms with E-state index in [4.69, 9.17) is 0 Å². The van der Waals surface area contributed by atoms with Crippen molar-refractivity contribution in [3.8, 4) is 0 Å². The lowest BCUT2D eigenvalue weighted by molar-refractivity contribution is 0.612. The molecule has 2 aromatic rings. The molecule has 0 amide bonds. The predicted molar refractivity (Wildman–Crippen MR) is 69.6 cm³/mol. The van der Waals surface area contributed by atoms with E-state index in [1.54, 1.807) is 29.9 Å². The largest absolute Gasteiger partial charge is 0.305 e. The lowest BCUT2D eigenvalue weighted by atomic mass is 10.1. The zero-order valence-electron chi connectivity index (χ0n) is 8.85. The number of thiophene rings is 1. The monoisotopic (exact) mass is 297 g/mol. The second-order valence-electron chi connectivity index (χ2n) is 3.30. The first-order valence-electron chi connectivity index (χ1n) is 5.03. The van der Waals surface area contributed by atoms with E-state index in [0.29, 0.717) is 0 Å². The molecule has 3 nitrogen and oxygen atoms in total. The minimum atomic E-state index is 0.110. The maximum absolute atomic E-state index is 4.35. The zero-order chi connectivity index (χ0) is 11.4. The number of aromatic nitrogens is 2. The molecule has 1 atom stereocenters. The molecule has 0 aliphatic carbocycles. The van der Waals surface area contributed by atoms with E-state index >= 15 is 0 Å². The van der Waals surface area contributed by atoms with Gasteiger partial charge in [0.15, 0.2) is 0 Å². The van der Waals surface area contributed by atoms with Gasteiger partial charge in [-0.15, -0.1) is 0 Å². The summed E-state index contributed by atoms with van der Waals surface area (Å²) in [5.41, 5.74) is 2.16. The van der Waals surface area contributed by atoms with Crippen LogP contribution in [0.3, 0.4) is 0 Å². The van der Waals surface area contributed by atoms with Gasteiger partial charge in [0.25, 0.3) is 0 Å². The third-order valence-corrected chi connectivity index (χ3v) is 3.99. The molecule has 0 aliphatic rings. The fourth-order valence-corrected chi connectivity index (χ4v) is 3.09. The van der Waals surface area contributed by atoms with E-state index in [1.807, 2.05) is 0 Å². The van der Waals surface area contributed by atoms with Crippen molar-refractivity contribution in [2.45, 2.75) is 13.0 Å². The van der Waals surface area contributed by atoms with Gasteiger partial charge >= 0.3 is 0 Å². The molecule has 1 N–H and O–H groups in total. The average Bonchev–Trinajstić information content (AvgIpc) is 2.73. The summed E-state index contributed by atoms with van der Waals surface area (Å²) in [4.78, 5) is 8.47. The molecule has 0 saturated heterocycles. The number of nitrogens with zero attached hydrogens (tertiary/aromatic N) is 2. The van der Waals surface area contributed by atoms with Gasteiger partial charge in [0.1, 0.15) is 0 Å². The summed E-state index contributed by atoms with van der Waals surface area (Å²) in [5.74, 6) is 0. The normalized spacial score (nSPS) is 12.6. The van der Waals surface area contributed by atoms with E-state index in [-0.39, 0.29) is 6.04 Å². The minimum Gasteiger partial charge on any atom is -0.305 e. The van der Waals surface area contributed by atoms with Gasteiger partial charge in [-0.25, -0.2) is 0 Å². The number of hydrogen-bond donors (Lipinski definition) is 1. The molecule has 0 fully saturated rings. The summed E-state index contributed by atoms with van der Waals surface area (Å²) < 4.78 is 1.12. The highest BCUT2D eigenvalue weighted by Crippen LogP contribution is 2.30. The summed E-state index contributed by atoms with van der Waals surface area (Å²) in [6.45, 7) is 2.98. The molecular formula is C11H12BrN3S. The molecule has 0 aliphatic heterocycles. The van der Waals surface area contributed by atoms with Gasteiger partial charge in [0, 0.05) is 27.8 Å². The van der Waals surface area contributed by atoms with Crippen molar-refractivity contribution in [3.63, 3.8) is 0 Å². The molecule has 5 heteroatoms. The first-order valence-corrected chi connectivity index (χ1v) is 6.77. The number of rotatable bonds is 4. The SMILES string of the molecule is CCNC(c1cnccn1)c1cscc1Br. The highest BCUT2D eigenvalue weighted by molar-refractivity contribution is 9.10. The Morgan fingerprint density at radius 1 is 1.44 bits per heavy atom. The fraction of sp³-hybridized carbons (Fsp3) is 0.273. The van der Waals surface area contributed by atoms with Crippen molar-refractivity contribution in [1.29, 1.82) is 0 Å².